The normalized spacial score (nSPS) is 10.3. The molecule has 0 unspecified atom stereocenters. The molecule has 0 atom stereocenters. The lowest BCUT2D eigenvalue weighted by Crippen LogP contribution is -2.29. The van der Waals surface area contributed by atoms with Gasteiger partial charge in [-0.15, -0.1) is 0 Å². The summed E-state index contributed by atoms with van der Waals surface area (Å²) in [6.07, 6.45) is 3.56. The molecule has 0 aliphatic rings. The van der Waals surface area contributed by atoms with E-state index in [0.717, 1.165) is 6.08 Å². The lowest BCUT2D eigenvalue weighted by Gasteiger charge is -1.91. The number of ketones is 1. The van der Waals surface area contributed by atoms with Gasteiger partial charge in [0.25, 0.3) is 0 Å². The molecule has 0 fully saturated rings. The fourth-order valence-electron chi connectivity index (χ4n) is 0.612. The molecule has 0 saturated heterocycles. The predicted molar refractivity (Wildman–Crippen MR) is 37.8 cm³/mol. The molecule has 0 radical (unpaired) electrons. The van der Waals surface area contributed by atoms with E-state index in [9.17, 15) is 14.7 Å². The van der Waals surface area contributed by atoms with E-state index in [-0.39, 0.29) is 0 Å². The van der Waals surface area contributed by atoms with Crippen molar-refractivity contribution in [3.63, 3.8) is 0 Å². The Kier molecular flexibility index (Phi) is 2.42. The second kappa shape index (κ2) is 3.52. The summed E-state index contributed by atoms with van der Waals surface area (Å²) < 4.78 is 4.81. The van der Waals surface area contributed by atoms with Gasteiger partial charge in [-0.25, -0.2) is 0 Å². The van der Waals surface area contributed by atoms with Crippen LogP contribution in [0.5, 0.6) is 0 Å². The summed E-state index contributed by atoms with van der Waals surface area (Å²) in [5, 5.41) is 9.92. The maximum absolute atomic E-state index is 10.4. The van der Waals surface area contributed by atoms with E-state index in [2.05, 4.69) is 0 Å². The van der Waals surface area contributed by atoms with Gasteiger partial charge in [0.15, 0.2) is 0 Å². The third kappa shape index (κ3) is 2.09. The molecular formula is C8H5O4-. The predicted octanol–water partition coefficient (Wildman–Crippen LogP) is -0.388. The third-order valence-corrected chi connectivity index (χ3v) is 1.14. The van der Waals surface area contributed by atoms with E-state index in [0.29, 0.717) is 5.76 Å². The molecule has 4 nitrogen and oxygen atoms in total. The highest BCUT2D eigenvalue weighted by molar-refractivity contribution is 6.37. The topological polar surface area (TPSA) is 70.3 Å². The van der Waals surface area contributed by atoms with Crippen LogP contribution in [-0.4, -0.2) is 11.8 Å². The van der Waals surface area contributed by atoms with Gasteiger partial charge in [-0.2, -0.15) is 0 Å². The van der Waals surface area contributed by atoms with E-state index < -0.39 is 11.8 Å². The SMILES string of the molecule is O=C([O-])C(=O)/C=C/c1ccco1. The van der Waals surface area contributed by atoms with E-state index in [1.165, 1.54) is 12.3 Å². The van der Waals surface area contributed by atoms with Crippen molar-refractivity contribution in [2.45, 2.75) is 0 Å². The summed E-state index contributed by atoms with van der Waals surface area (Å²) in [6, 6.07) is 3.22. The Hall–Kier alpha value is -1.84. The molecule has 1 rings (SSSR count). The minimum Gasteiger partial charge on any atom is -0.541 e. The number of rotatable bonds is 3. The first-order chi connectivity index (χ1) is 5.70. The summed E-state index contributed by atoms with van der Waals surface area (Å²) in [4.78, 5) is 20.4. The molecule has 12 heavy (non-hydrogen) atoms. The Labute approximate surface area is 68.1 Å². The number of carbonyl (C=O) groups is 2. The van der Waals surface area contributed by atoms with Crippen LogP contribution in [0, 0.1) is 0 Å². The molecule has 0 saturated carbocycles. The molecule has 0 aromatic carbocycles. The molecule has 1 heterocycles. The number of carbonyl (C=O) groups excluding carboxylic acids is 2. The standard InChI is InChI=1S/C8H6O4/c9-7(8(10)11)4-3-6-2-1-5-12-6/h1-5H,(H,10,11)/p-1/b4-3+. The van der Waals surface area contributed by atoms with E-state index in [1.54, 1.807) is 12.1 Å². The Bertz CT molecular complexity index is 308. The lowest BCUT2D eigenvalue weighted by molar-refractivity contribution is -0.299. The van der Waals surface area contributed by atoms with Gasteiger partial charge in [0.2, 0.25) is 5.78 Å². The fraction of sp³-hybridized carbons (Fsp3) is 0. The molecule has 0 aliphatic carbocycles. The number of hydrogen-bond donors (Lipinski definition) is 0. The first-order valence-corrected chi connectivity index (χ1v) is 3.17. The Morgan fingerprint density at radius 2 is 2.25 bits per heavy atom. The van der Waals surface area contributed by atoms with Crippen molar-refractivity contribution < 1.29 is 19.1 Å². The molecule has 1 aromatic heterocycles. The van der Waals surface area contributed by atoms with Gasteiger partial charge in [-0.05, 0) is 24.3 Å². The second-order valence-electron chi connectivity index (χ2n) is 2.00. The highest BCUT2D eigenvalue weighted by atomic mass is 16.4. The maximum atomic E-state index is 10.4. The maximum Gasteiger partial charge on any atom is 0.201 e. The van der Waals surface area contributed by atoms with Gasteiger partial charge in [-0.1, -0.05) is 0 Å². The molecule has 0 N–H and O–H groups in total. The zero-order chi connectivity index (χ0) is 8.97. The Morgan fingerprint density at radius 1 is 1.50 bits per heavy atom. The molecule has 0 amide bonds. The molecular weight excluding hydrogens is 160 g/mol. The summed E-state index contributed by atoms with van der Waals surface area (Å²) >= 11 is 0. The zero-order valence-electron chi connectivity index (χ0n) is 6.02. The summed E-state index contributed by atoms with van der Waals surface area (Å²) in [7, 11) is 0. The number of carboxylic acids is 1. The fourth-order valence-corrected chi connectivity index (χ4v) is 0.612. The monoisotopic (exact) mass is 165 g/mol. The van der Waals surface area contributed by atoms with Gasteiger partial charge in [0, 0.05) is 0 Å². The van der Waals surface area contributed by atoms with Crippen molar-refractivity contribution in [1.29, 1.82) is 0 Å². The summed E-state index contributed by atoms with van der Waals surface area (Å²) in [5.74, 6) is -2.38. The van der Waals surface area contributed by atoms with Crippen molar-refractivity contribution in [2.24, 2.45) is 0 Å². The molecule has 1 aromatic rings. The first-order valence-electron chi connectivity index (χ1n) is 3.17. The number of aliphatic carboxylic acids is 1. The molecule has 0 spiro atoms. The van der Waals surface area contributed by atoms with Crippen molar-refractivity contribution in [2.75, 3.05) is 0 Å². The average molecular weight is 165 g/mol. The summed E-state index contributed by atoms with van der Waals surface area (Å²) in [5.41, 5.74) is 0. The Balaban J connectivity index is 2.63. The zero-order valence-corrected chi connectivity index (χ0v) is 6.02. The third-order valence-electron chi connectivity index (χ3n) is 1.14. The number of furan rings is 1. The van der Waals surface area contributed by atoms with E-state index in [1.807, 2.05) is 0 Å². The van der Waals surface area contributed by atoms with Crippen molar-refractivity contribution in [3.05, 3.63) is 30.2 Å². The van der Waals surface area contributed by atoms with Crippen molar-refractivity contribution in [1.82, 2.24) is 0 Å². The lowest BCUT2D eigenvalue weighted by atomic mass is 10.3. The van der Waals surface area contributed by atoms with Crippen LogP contribution >= 0.6 is 0 Å². The Morgan fingerprint density at radius 3 is 2.75 bits per heavy atom. The van der Waals surface area contributed by atoms with Gasteiger partial charge >= 0.3 is 0 Å². The second-order valence-corrected chi connectivity index (χ2v) is 2.00. The van der Waals surface area contributed by atoms with Gasteiger partial charge in [0.05, 0.1) is 6.26 Å². The first kappa shape index (κ1) is 8.26. The smallest absolute Gasteiger partial charge is 0.201 e. The van der Waals surface area contributed by atoms with Crippen molar-refractivity contribution in [3.8, 4) is 0 Å². The average Bonchev–Trinajstić information content (AvgIpc) is 2.51. The molecule has 4 heteroatoms. The highest BCUT2D eigenvalue weighted by Crippen LogP contribution is 2.01. The minimum absolute atomic E-state index is 0.421. The quantitative estimate of drug-likeness (QED) is 0.451. The van der Waals surface area contributed by atoms with E-state index >= 15 is 0 Å². The molecule has 0 bridgehead atoms. The van der Waals surface area contributed by atoms with Crippen LogP contribution < -0.4 is 5.11 Å². The van der Waals surface area contributed by atoms with Gasteiger partial charge in [0.1, 0.15) is 11.7 Å². The van der Waals surface area contributed by atoms with Gasteiger partial charge in [-0.3, -0.25) is 4.79 Å². The van der Waals surface area contributed by atoms with Crippen LogP contribution in [0.1, 0.15) is 5.76 Å². The minimum atomic E-state index is -1.72. The van der Waals surface area contributed by atoms with Crippen LogP contribution in [0.4, 0.5) is 0 Å². The van der Waals surface area contributed by atoms with Crippen LogP contribution in [0.2, 0.25) is 0 Å². The highest BCUT2D eigenvalue weighted by Gasteiger charge is 1.95. The summed E-state index contributed by atoms with van der Waals surface area (Å²) in [6.45, 7) is 0. The van der Waals surface area contributed by atoms with Gasteiger partial charge < -0.3 is 14.3 Å². The molecule has 62 valence electrons. The van der Waals surface area contributed by atoms with Crippen molar-refractivity contribution >= 4 is 17.8 Å². The van der Waals surface area contributed by atoms with E-state index in [4.69, 9.17) is 4.42 Å². The number of hydrogen-bond acceptors (Lipinski definition) is 4. The van der Waals surface area contributed by atoms with Crippen LogP contribution in [0.25, 0.3) is 6.08 Å². The van der Waals surface area contributed by atoms with Crippen LogP contribution in [0.15, 0.2) is 28.9 Å². The van der Waals surface area contributed by atoms with Crippen LogP contribution in [0.3, 0.4) is 0 Å². The molecule has 0 aliphatic heterocycles. The largest absolute Gasteiger partial charge is 0.541 e. The van der Waals surface area contributed by atoms with Crippen LogP contribution in [-0.2, 0) is 9.59 Å². The number of carboxylic acid groups (broad SMARTS) is 1.